The Kier molecular flexibility index (Phi) is 11.6. The number of nitrogens with two attached hydrogens (primary N) is 1. The fourth-order valence-electron chi connectivity index (χ4n) is 2.45. The predicted molar refractivity (Wildman–Crippen MR) is 121 cm³/mol. The second-order valence-electron chi connectivity index (χ2n) is 6.62. The lowest BCUT2D eigenvalue weighted by atomic mass is 10.2. The summed E-state index contributed by atoms with van der Waals surface area (Å²) in [6, 6.07) is 5.86. The second-order valence-corrected chi connectivity index (χ2v) is 6.62. The van der Waals surface area contributed by atoms with Crippen molar-refractivity contribution < 1.29 is 29.3 Å². The minimum atomic E-state index is -1.58. The number of methoxy groups -OCH3 is 1. The van der Waals surface area contributed by atoms with Crippen LogP contribution in [0.3, 0.4) is 0 Å². The summed E-state index contributed by atoms with van der Waals surface area (Å²) in [5, 5.41) is 21.1. The van der Waals surface area contributed by atoms with Gasteiger partial charge in [0.2, 0.25) is 11.7 Å². The van der Waals surface area contributed by atoms with Gasteiger partial charge in [-0.1, -0.05) is 19.8 Å². The van der Waals surface area contributed by atoms with Crippen LogP contribution in [0.15, 0.2) is 34.5 Å². The van der Waals surface area contributed by atoms with Crippen LogP contribution in [-0.4, -0.2) is 58.7 Å². The highest BCUT2D eigenvalue weighted by molar-refractivity contribution is 6.32. The van der Waals surface area contributed by atoms with E-state index in [1.807, 2.05) is 24.4 Å². The number of unbranched alkanes of at least 4 members (excludes halogenated alkanes) is 2. The molecule has 0 saturated heterocycles. The number of hydrogen-bond donors (Lipinski definition) is 5. The predicted octanol–water partition coefficient (Wildman–Crippen LogP) is 2.11. The maximum atomic E-state index is 10.2. The number of hydrazone groups is 1. The van der Waals surface area contributed by atoms with Crippen molar-refractivity contribution in [2.45, 2.75) is 39.0 Å². The number of aliphatic carboxylic acids is 2. The lowest BCUT2D eigenvalue weighted by Crippen LogP contribution is -2.27. The lowest BCUT2D eigenvalue weighted by Gasteiger charge is -2.00. The molecule has 0 spiro atoms. The van der Waals surface area contributed by atoms with Crippen molar-refractivity contribution >= 4 is 40.8 Å². The van der Waals surface area contributed by atoms with Gasteiger partial charge in [-0.05, 0) is 24.6 Å². The molecule has 1 aromatic heterocycles. The molecular weight excluding hydrogens is 418 g/mol. The van der Waals surface area contributed by atoms with E-state index in [9.17, 15) is 14.4 Å². The second kappa shape index (κ2) is 14.2. The lowest BCUT2D eigenvalue weighted by molar-refractivity contribution is -0.149. The SMILES string of the molecule is CCCCCN=C(N)N/N=C\c1c[nH]c2ccc(OC)cc12.O=C(O)CCC(=O)C(=O)O. The number of aromatic nitrogens is 1. The minimum absolute atomic E-state index is 0.338. The van der Waals surface area contributed by atoms with Gasteiger partial charge in [0, 0.05) is 35.6 Å². The number of nitrogens with one attached hydrogen (secondary N) is 2. The van der Waals surface area contributed by atoms with Gasteiger partial charge in [-0.15, -0.1) is 0 Å². The van der Waals surface area contributed by atoms with Crippen LogP contribution in [0.2, 0.25) is 0 Å². The number of guanidine groups is 1. The quantitative estimate of drug-likeness (QED) is 0.114. The first-order valence-electron chi connectivity index (χ1n) is 10.0. The maximum Gasteiger partial charge on any atom is 0.372 e. The first kappa shape index (κ1) is 26.1. The molecule has 0 unspecified atom stereocenters. The van der Waals surface area contributed by atoms with Crippen LogP contribution in [0.25, 0.3) is 10.9 Å². The molecule has 0 amide bonds. The number of aliphatic imine (C=N–C) groups is 1. The number of carbonyl (C=O) groups is 3. The molecule has 0 saturated carbocycles. The normalized spacial score (nSPS) is 11.1. The summed E-state index contributed by atoms with van der Waals surface area (Å²) in [4.78, 5) is 37.1. The van der Waals surface area contributed by atoms with E-state index in [0.717, 1.165) is 41.6 Å². The Morgan fingerprint density at radius 1 is 1.22 bits per heavy atom. The monoisotopic (exact) mass is 447 g/mol. The highest BCUT2D eigenvalue weighted by Crippen LogP contribution is 2.22. The standard InChI is InChI=1S/C16H23N5O.C5H6O5/c1-3-4-5-8-18-16(17)21-20-11-12-10-19-15-7-6-13(22-2)9-14(12)15;6-3(5(9)10)1-2-4(7)8/h6-7,9-11,19H,3-5,8H2,1-2H3,(H3,17,18,21);1-2H2,(H,7,8)(H,9,10)/b20-11-;. The van der Waals surface area contributed by atoms with E-state index in [1.54, 1.807) is 13.3 Å². The number of nitrogens with zero attached hydrogens (tertiary/aromatic N) is 2. The molecule has 0 aliphatic heterocycles. The number of Topliss-reactive ketones (excluding diaryl/α,β-unsaturated/α-hetero) is 1. The zero-order chi connectivity index (χ0) is 23.9. The van der Waals surface area contributed by atoms with Crippen molar-refractivity contribution in [3.8, 4) is 5.75 Å². The summed E-state index contributed by atoms with van der Waals surface area (Å²) in [5.41, 5.74) is 10.5. The molecule has 2 rings (SSSR count). The Bertz CT molecular complexity index is 967. The van der Waals surface area contributed by atoms with Crippen LogP contribution in [-0.2, 0) is 14.4 Å². The number of rotatable bonds is 11. The fraction of sp³-hybridized carbons (Fsp3) is 0.381. The van der Waals surface area contributed by atoms with Crippen molar-refractivity contribution in [2.24, 2.45) is 15.8 Å². The first-order valence-corrected chi connectivity index (χ1v) is 10.0. The van der Waals surface area contributed by atoms with Gasteiger partial charge in [0.1, 0.15) is 5.75 Å². The molecule has 174 valence electrons. The Morgan fingerprint density at radius 2 is 1.97 bits per heavy atom. The smallest absolute Gasteiger partial charge is 0.372 e. The van der Waals surface area contributed by atoms with E-state index in [2.05, 4.69) is 27.4 Å². The zero-order valence-corrected chi connectivity index (χ0v) is 18.1. The number of carboxylic acid groups (broad SMARTS) is 2. The summed E-state index contributed by atoms with van der Waals surface area (Å²) >= 11 is 0. The largest absolute Gasteiger partial charge is 0.497 e. The number of carbonyl (C=O) groups excluding carboxylic acids is 1. The number of fused-ring (bicyclic) bond motifs is 1. The molecule has 11 heteroatoms. The van der Waals surface area contributed by atoms with Crippen molar-refractivity contribution in [2.75, 3.05) is 13.7 Å². The molecule has 6 N–H and O–H groups in total. The van der Waals surface area contributed by atoms with Crippen LogP contribution < -0.4 is 15.9 Å². The van der Waals surface area contributed by atoms with Crippen LogP contribution >= 0.6 is 0 Å². The molecule has 1 heterocycles. The Labute approximate surface area is 185 Å². The van der Waals surface area contributed by atoms with Crippen molar-refractivity contribution in [3.05, 3.63) is 30.0 Å². The number of ketones is 1. The van der Waals surface area contributed by atoms with Gasteiger partial charge in [-0.2, -0.15) is 5.10 Å². The van der Waals surface area contributed by atoms with Crippen LogP contribution in [0.4, 0.5) is 0 Å². The molecule has 0 fully saturated rings. The third-order valence-electron chi connectivity index (χ3n) is 4.15. The highest BCUT2D eigenvalue weighted by atomic mass is 16.5. The Hall–Kier alpha value is -3.89. The van der Waals surface area contributed by atoms with Crippen molar-refractivity contribution in [1.82, 2.24) is 10.4 Å². The first-order chi connectivity index (χ1) is 15.3. The number of aromatic amines is 1. The summed E-state index contributed by atoms with van der Waals surface area (Å²) < 4.78 is 5.24. The van der Waals surface area contributed by atoms with Gasteiger partial charge in [0.15, 0.2) is 0 Å². The van der Waals surface area contributed by atoms with Crippen molar-refractivity contribution in [3.63, 3.8) is 0 Å². The summed E-state index contributed by atoms with van der Waals surface area (Å²) in [5.74, 6) is -2.67. The summed E-state index contributed by atoms with van der Waals surface area (Å²) in [6.07, 6.45) is 6.12. The summed E-state index contributed by atoms with van der Waals surface area (Å²) in [6.45, 7) is 2.89. The van der Waals surface area contributed by atoms with Gasteiger partial charge >= 0.3 is 11.9 Å². The van der Waals surface area contributed by atoms with E-state index in [0.29, 0.717) is 5.96 Å². The molecule has 0 aliphatic carbocycles. The van der Waals surface area contributed by atoms with E-state index < -0.39 is 30.6 Å². The van der Waals surface area contributed by atoms with E-state index in [4.69, 9.17) is 20.7 Å². The van der Waals surface area contributed by atoms with Crippen LogP contribution in [0.1, 0.15) is 44.6 Å². The van der Waals surface area contributed by atoms with Crippen LogP contribution in [0, 0.1) is 0 Å². The van der Waals surface area contributed by atoms with E-state index >= 15 is 0 Å². The molecule has 11 nitrogen and oxygen atoms in total. The molecule has 0 bridgehead atoms. The zero-order valence-electron chi connectivity index (χ0n) is 18.1. The number of carboxylic acids is 2. The molecule has 1 aromatic carbocycles. The molecule has 0 radical (unpaired) electrons. The molecule has 0 aliphatic rings. The molecule has 32 heavy (non-hydrogen) atoms. The average Bonchev–Trinajstić information content (AvgIpc) is 3.17. The number of hydrogen-bond acceptors (Lipinski definition) is 6. The Balaban J connectivity index is 0.000000433. The van der Waals surface area contributed by atoms with E-state index in [-0.39, 0.29) is 0 Å². The summed E-state index contributed by atoms with van der Waals surface area (Å²) in [7, 11) is 1.65. The number of benzene rings is 1. The third-order valence-corrected chi connectivity index (χ3v) is 4.15. The average molecular weight is 447 g/mol. The van der Waals surface area contributed by atoms with Crippen molar-refractivity contribution in [1.29, 1.82) is 0 Å². The molecule has 0 atom stereocenters. The van der Waals surface area contributed by atoms with Gasteiger partial charge in [-0.3, -0.25) is 14.6 Å². The third kappa shape index (κ3) is 9.74. The fourth-order valence-corrected chi connectivity index (χ4v) is 2.45. The molecule has 2 aromatic rings. The number of H-pyrrole nitrogens is 1. The van der Waals surface area contributed by atoms with Gasteiger partial charge in [0.05, 0.1) is 19.7 Å². The highest BCUT2D eigenvalue weighted by Gasteiger charge is 2.12. The van der Waals surface area contributed by atoms with Gasteiger partial charge in [0.25, 0.3) is 0 Å². The minimum Gasteiger partial charge on any atom is -0.497 e. The molecular formula is C21H29N5O6. The van der Waals surface area contributed by atoms with E-state index in [1.165, 1.54) is 6.42 Å². The Morgan fingerprint density at radius 3 is 2.59 bits per heavy atom. The number of ether oxygens (including phenoxy) is 1. The van der Waals surface area contributed by atoms with Gasteiger partial charge in [-0.25, -0.2) is 10.2 Å². The van der Waals surface area contributed by atoms with Crippen LogP contribution in [0.5, 0.6) is 5.75 Å². The topological polar surface area (TPSA) is 179 Å². The van der Waals surface area contributed by atoms with Gasteiger partial charge < -0.3 is 25.7 Å². The maximum absolute atomic E-state index is 10.2.